The average Bonchev–Trinajstić information content (AvgIpc) is 2.89. The van der Waals surface area contributed by atoms with Crippen LogP contribution in [0.15, 0.2) is 59.8 Å². The largest absolute Gasteiger partial charge is 0.497 e. The molecular weight excluding hydrogens is 501 g/mol. The normalized spacial score (nSPS) is 14.7. The van der Waals surface area contributed by atoms with Crippen LogP contribution in [-0.2, 0) is 10.0 Å². The van der Waals surface area contributed by atoms with Gasteiger partial charge in [-0.2, -0.15) is 4.31 Å². The van der Waals surface area contributed by atoms with Gasteiger partial charge in [0.25, 0.3) is 11.8 Å². The van der Waals surface area contributed by atoms with Gasteiger partial charge in [0.15, 0.2) is 11.5 Å². The second-order valence-electron chi connectivity index (χ2n) is 8.50. The lowest BCUT2D eigenvalue weighted by atomic mass is 10.1. The molecule has 0 saturated carbocycles. The zero-order valence-electron chi connectivity index (χ0n) is 20.3. The molecule has 0 atom stereocenters. The predicted molar refractivity (Wildman–Crippen MR) is 133 cm³/mol. The fourth-order valence-corrected chi connectivity index (χ4v) is 5.73. The molecule has 194 valence electrons. The van der Waals surface area contributed by atoms with Crippen LogP contribution >= 0.6 is 0 Å². The number of methoxy groups -OCH3 is 1. The second kappa shape index (κ2) is 11.0. The third-order valence-electron chi connectivity index (χ3n) is 6.04. The van der Waals surface area contributed by atoms with Crippen LogP contribution in [0.25, 0.3) is 0 Å². The summed E-state index contributed by atoms with van der Waals surface area (Å²) in [4.78, 5) is 33.8. The van der Waals surface area contributed by atoms with Gasteiger partial charge in [0.2, 0.25) is 10.0 Å². The molecular formula is C25H26FN5O5S. The van der Waals surface area contributed by atoms with Gasteiger partial charge in [-0.3, -0.25) is 9.59 Å². The summed E-state index contributed by atoms with van der Waals surface area (Å²) >= 11 is 0. The molecule has 10 nitrogen and oxygen atoms in total. The highest BCUT2D eigenvalue weighted by atomic mass is 32.2. The minimum Gasteiger partial charge on any atom is -0.497 e. The molecule has 1 saturated heterocycles. The SMILES string of the molecule is COc1ccc(C(=O)Nc2nccnc2C(=O)NC2CCN(S(=O)(=O)c3ccc(F)cc3C)CC2)cc1. The first kappa shape index (κ1) is 26.2. The number of piperidine rings is 1. The van der Waals surface area contributed by atoms with Gasteiger partial charge in [-0.25, -0.2) is 22.8 Å². The quantitative estimate of drug-likeness (QED) is 0.483. The number of nitrogens with zero attached hydrogens (tertiary/aromatic N) is 3. The van der Waals surface area contributed by atoms with Crippen molar-refractivity contribution < 1.29 is 27.1 Å². The van der Waals surface area contributed by atoms with Gasteiger partial charge < -0.3 is 15.4 Å². The summed E-state index contributed by atoms with van der Waals surface area (Å²) in [6.07, 6.45) is 3.46. The molecule has 2 aromatic carbocycles. The highest BCUT2D eigenvalue weighted by Crippen LogP contribution is 2.24. The van der Waals surface area contributed by atoms with Crippen LogP contribution in [0.2, 0.25) is 0 Å². The number of amides is 2. The number of aryl methyl sites for hydroxylation is 1. The number of carbonyl (C=O) groups is 2. The van der Waals surface area contributed by atoms with Gasteiger partial charge in [0, 0.05) is 37.1 Å². The first-order valence-electron chi connectivity index (χ1n) is 11.5. The Morgan fingerprint density at radius 3 is 2.35 bits per heavy atom. The van der Waals surface area contributed by atoms with Gasteiger partial charge in [-0.1, -0.05) is 0 Å². The molecule has 2 N–H and O–H groups in total. The molecule has 2 amide bonds. The van der Waals surface area contributed by atoms with Crippen LogP contribution in [-0.4, -0.2) is 60.7 Å². The predicted octanol–water partition coefficient (Wildman–Crippen LogP) is 2.77. The summed E-state index contributed by atoms with van der Waals surface area (Å²) in [5.74, 6) is -0.891. The van der Waals surface area contributed by atoms with Crippen molar-refractivity contribution >= 4 is 27.7 Å². The number of anilines is 1. The van der Waals surface area contributed by atoms with Crippen molar-refractivity contribution in [2.45, 2.75) is 30.7 Å². The smallest absolute Gasteiger partial charge is 0.273 e. The van der Waals surface area contributed by atoms with Gasteiger partial charge in [-0.05, 0) is 67.8 Å². The number of ether oxygens (including phenoxy) is 1. The van der Waals surface area contributed by atoms with Crippen LogP contribution in [0.5, 0.6) is 5.75 Å². The summed E-state index contributed by atoms with van der Waals surface area (Å²) < 4.78 is 45.9. The Hall–Kier alpha value is -3.90. The fraction of sp³-hybridized carbons (Fsp3) is 0.280. The first-order valence-corrected chi connectivity index (χ1v) is 13.0. The fourth-order valence-electron chi connectivity index (χ4n) is 4.05. The van der Waals surface area contributed by atoms with E-state index in [4.69, 9.17) is 4.74 Å². The van der Waals surface area contributed by atoms with E-state index in [0.29, 0.717) is 29.7 Å². The summed E-state index contributed by atoms with van der Waals surface area (Å²) in [7, 11) is -2.27. The minimum atomic E-state index is -3.79. The molecule has 0 aliphatic carbocycles. The van der Waals surface area contributed by atoms with Crippen molar-refractivity contribution in [3.05, 3.63) is 77.5 Å². The molecule has 3 aromatic rings. The molecule has 0 unspecified atom stereocenters. The third-order valence-corrected chi connectivity index (χ3v) is 8.10. The van der Waals surface area contributed by atoms with Gasteiger partial charge in [-0.15, -0.1) is 0 Å². The van der Waals surface area contributed by atoms with Crippen molar-refractivity contribution in [1.82, 2.24) is 19.6 Å². The topological polar surface area (TPSA) is 131 Å². The zero-order chi connectivity index (χ0) is 26.6. The number of hydrogen-bond acceptors (Lipinski definition) is 7. The lowest BCUT2D eigenvalue weighted by Crippen LogP contribution is -2.46. The van der Waals surface area contributed by atoms with E-state index in [1.54, 1.807) is 31.2 Å². The third kappa shape index (κ3) is 5.92. The van der Waals surface area contributed by atoms with E-state index < -0.39 is 27.7 Å². The van der Waals surface area contributed by atoms with Crippen LogP contribution < -0.4 is 15.4 Å². The molecule has 1 fully saturated rings. The van der Waals surface area contributed by atoms with Gasteiger partial charge in [0.1, 0.15) is 11.6 Å². The number of aromatic nitrogens is 2. The molecule has 0 bridgehead atoms. The standard InChI is InChI=1S/C25H26FN5O5S/c1-16-15-18(26)5-8-21(16)37(34,35)31-13-9-19(10-14-31)29-25(33)22-23(28-12-11-27-22)30-24(32)17-3-6-20(36-2)7-4-17/h3-8,11-12,15,19H,9-10,13-14H2,1-2H3,(H,29,33)(H,28,30,32). The molecule has 0 radical (unpaired) electrons. The molecule has 2 heterocycles. The van der Waals surface area contributed by atoms with E-state index in [1.165, 1.54) is 35.9 Å². The highest BCUT2D eigenvalue weighted by Gasteiger charge is 2.31. The number of sulfonamides is 1. The number of benzene rings is 2. The Balaban J connectivity index is 1.39. The summed E-state index contributed by atoms with van der Waals surface area (Å²) in [5.41, 5.74) is 0.631. The van der Waals surface area contributed by atoms with Gasteiger partial charge in [0.05, 0.1) is 12.0 Å². The lowest BCUT2D eigenvalue weighted by Gasteiger charge is -2.32. The average molecular weight is 528 g/mol. The summed E-state index contributed by atoms with van der Waals surface area (Å²) in [6, 6.07) is 9.72. The number of hydrogen-bond donors (Lipinski definition) is 2. The Morgan fingerprint density at radius 1 is 1.03 bits per heavy atom. The Bertz CT molecular complexity index is 1410. The highest BCUT2D eigenvalue weighted by molar-refractivity contribution is 7.89. The Labute approximate surface area is 213 Å². The summed E-state index contributed by atoms with van der Waals surface area (Å²) in [5, 5.41) is 5.46. The molecule has 12 heteroatoms. The van der Waals surface area contributed by atoms with Crippen LogP contribution in [0, 0.1) is 12.7 Å². The first-order chi connectivity index (χ1) is 17.7. The maximum atomic E-state index is 13.4. The van der Waals surface area contributed by atoms with Crippen molar-refractivity contribution in [2.75, 3.05) is 25.5 Å². The van der Waals surface area contributed by atoms with E-state index in [1.807, 2.05) is 0 Å². The van der Waals surface area contributed by atoms with Gasteiger partial charge >= 0.3 is 0 Å². The molecule has 37 heavy (non-hydrogen) atoms. The van der Waals surface area contributed by atoms with E-state index >= 15 is 0 Å². The minimum absolute atomic E-state index is 0.00705. The number of halogens is 1. The van der Waals surface area contributed by atoms with Crippen molar-refractivity contribution in [3.63, 3.8) is 0 Å². The Kier molecular flexibility index (Phi) is 7.79. The van der Waals surface area contributed by atoms with E-state index in [-0.39, 0.29) is 35.5 Å². The van der Waals surface area contributed by atoms with Crippen molar-refractivity contribution in [2.24, 2.45) is 0 Å². The molecule has 1 aliphatic heterocycles. The number of rotatable bonds is 7. The van der Waals surface area contributed by atoms with Crippen molar-refractivity contribution in [1.29, 1.82) is 0 Å². The maximum absolute atomic E-state index is 13.4. The number of nitrogens with one attached hydrogen (secondary N) is 2. The van der Waals surface area contributed by atoms with Crippen LogP contribution in [0.1, 0.15) is 39.3 Å². The molecule has 1 aromatic heterocycles. The van der Waals surface area contributed by atoms with Crippen LogP contribution in [0.3, 0.4) is 0 Å². The van der Waals surface area contributed by atoms with Crippen molar-refractivity contribution in [3.8, 4) is 5.75 Å². The molecule has 4 rings (SSSR count). The van der Waals surface area contributed by atoms with E-state index in [0.717, 1.165) is 6.07 Å². The second-order valence-corrected chi connectivity index (χ2v) is 10.4. The lowest BCUT2D eigenvalue weighted by molar-refractivity contribution is 0.0919. The van der Waals surface area contributed by atoms with E-state index in [9.17, 15) is 22.4 Å². The Morgan fingerprint density at radius 2 is 1.70 bits per heavy atom. The molecule has 1 aliphatic rings. The van der Waals surface area contributed by atoms with Crippen LogP contribution in [0.4, 0.5) is 10.2 Å². The number of carbonyl (C=O) groups excluding carboxylic acids is 2. The zero-order valence-corrected chi connectivity index (χ0v) is 21.1. The van der Waals surface area contributed by atoms with E-state index in [2.05, 4.69) is 20.6 Å². The monoisotopic (exact) mass is 527 g/mol. The summed E-state index contributed by atoms with van der Waals surface area (Å²) in [6.45, 7) is 1.92. The maximum Gasteiger partial charge on any atom is 0.273 e. The molecule has 0 spiro atoms.